The second kappa shape index (κ2) is 14.2. The number of nitrogen functional groups attached to an aromatic ring is 2. The number of rotatable bonds is 15. The second-order valence-electron chi connectivity index (χ2n) is 10.0. The first-order valence-corrected chi connectivity index (χ1v) is 14.1. The zero-order chi connectivity index (χ0) is 29.2. The molecule has 0 aliphatic rings. The molecule has 0 aliphatic heterocycles. The number of unbranched alkanes of at least 4 members (excludes halogenated alkanes) is 1. The Labute approximate surface area is 234 Å². The quantitative estimate of drug-likeness (QED) is 0.0867. The van der Waals surface area contributed by atoms with Gasteiger partial charge < -0.3 is 44.1 Å². The van der Waals surface area contributed by atoms with Crippen molar-refractivity contribution in [3.05, 3.63) is 72.3 Å². The summed E-state index contributed by atoms with van der Waals surface area (Å²) in [7, 11) is 1.41. The predicted molar refractivity (Wildman–Crippen MR) is 150 cm³/mol. The van der Waals surface area contributed by atoms with Crippen LogP contribution in [-0.4, -0.2) is 58.0 Å². The third-order valence-electron chi connectivity index (χ3n) is 5.38. The standard InChI is InChI=1S/C28H36N3O8P/c1-31(2,3)14-17-37-40(33,34)36-16-5-4-15-35-28(32)21-18-26(38-24-10-6-22(29)7-11-24)20-27(19-21)39-25-12-8-23(30)9-13-25/h6-13,18-20H,4-5,14-17,29-30H2,1-3H3. The van der Waals surface area contributed by atoms with E-state index in [1.165, 1.54) is 0 Å². The molecule has 11 nitrogen and oxygen atoms in total. The van der Waals surface area contributed by atoms with Gasteiger partial charge in [-0.15, -0.1) is 0 Å². The Morgan fingerprint density at radius 3 is 1.73 bits per heavy atom. The number of phosphoric acid groups is 1. The molecule has 216 valence electrons. The largest absolute Gasteiger partial charge is 0.756 e. The lowest BCUT2D eigenvalue weighted by molar-refractivity contribution is -0.870. The van der Waals surface area contributed by atoms with Gasteiger partial charge in [-0.05, 0) is 73.5 Å². The van der Waals surface area contributed by atoms with Gasteiger partial charge in [-0.2, -0.15) is 0 Å². The van der Waals surface area contributed by atoms with E-state index >= 15 is 0 Å². The third-order valence-corrected chi connectivity index (χ3v) is 6.38. The molecule has 0 amide bonds. The van der Waals surface area contributed by atoms with Crippen LogP contribution in [0.15, 0.2) is 66.7 Å². The minimum atomic E-state index is -4.38. The zero-order valence-corrected chi connectivity index (χ0v) is 23.8. The number of quaternary nitrogens is 1. The van der Waals surface area contributed by atoms with E-state index in [1.807, 2.05) is 21.1 Å². The van der Waals surface area contributed by atoms with Crippen molar-refractivity contribution in [3.8, 4) is 23.0 Å². The summed E-state index contributed by atoms with van der Waals surface area (Å²) < 4.78 is 39.4. The molecule has 12 heteroatoms. The van der Waals surface area contributed by atoms with E-state index in [1.54, 1.807) is 66.7 Å². The molecule has 0 saturated heterocycles. The van der Waals surface area contributed by atoms with Gasteiger partial charge in [0.2, 0.25) is 0 Å². The first kappa shape index (κ1) is 30.9. The molecule has 3 rings (SSSR count). The Kier molecular flexibility index (Phi) is 10.9. The summed E-state index contributed by atoms with van der Waals surface area (Å²) in [6.45, 7) is 0.537. The van der Waals surface area contributed by atoms with Crippen LogP contribution in [0, 0.1) is 0 Å². The molecule has 0 fully saturated rings. The number of nitrogens with zero attached hydrogens (tertiary/aromatic N) is 1. The lowest BCUT2D eigenvalue weighted by atomic mass is 10.2. The number of carbonyl (C=O) groups excluding carboxylic acids is 1. The first-order valence-electron chi connectivity index (χ1n) is 12.7. The van der Waals surface area contributed by atoms with E-state index in [9.17, 15) is 14.3 Å². The highest BCUT2D eigenvalue weighted by Gasteiger charge is 2.15. The highest BCUT2D eigenvalue weighted by molar-refractivity contribution is 7.45. The number of hydrogen-bond acceptors (Lipinski definition) is 10. The molecule has 0 saturated carbocycles. The lowest BCUT2D eigenvalue weighted by Crippen LogP contribution is -2.37. The van der Waals surface area contributed by atoms with Crippen molar-refractivity contribution in [2.75, 3.05) is 59.0 Å². The summed E-state index contributed by atoms with van der Waals surface area (Å²) in [4.78, 5) is 24.7. The number of hydrogen-bond donors (Lipinski definition) is 2. The Morgan fingerprint density at radius 1 is 0.750 bits per heavy atom. The summed E-state index contributed by atoms with van der Waals surface area (Å²) in [5.74, 6) is 1.17. The summed E-state index contributed by atoms with van der Waals surface area (Å²) in [5, 5.41) is 0. The maximum Gasteiger partial charge on any atom is 0.338 e. The average Bonchev–Trinajstić information content (AvgIpc) is 2.87. The van der Waals surface area contributed by atoms with Gasteiger partial charge in [0.05, 0.1) is 39.9 Å². The molecular weight excluding hydrogens is 537 g/mol. The SMILES string of the molecule is C[N+](C)(C)CCOP(=O)([O-])OCCCCOC(=O)c1cc(Oc2ccc(N)cc2)cc(Oc2ccc(N)cc2)c1. The number of likely N-dealkylation sites (N-methyl/N-ethyl adjacent to an activating group) is 1. The Bertz CT molecular complexity index is 1230. The van der Waals surface area contributed by atoms with Gasteiger partial charge in [0, 0.05) is 17.4 Å². The van der Waals surface area contributed by atoms with Crippen molar-refractivity contribution in [1.29, 1.82) is 0 Å². The topological polar surface area (TPSA) is 155 Å². The number of ether oxygens (including phenoxy) is 3. The monoisotopic (exact) mass is 573 g/mol. The summed E-state index contributed by atoms with van der Waals surface area (Å²) in [5.41, 5.74) is 12.9. The number of benzene rings is 3. The minimum Gasteiger partial charge on any atom is -0.756 e. The van der Waals surface area contributed by atoms with Gasteiger partial charge in [0.1, 0.15) is 36.1 Å². The first-order chi connectivity index (χ1) is 18.9. The van der Waals surface area contributed by atoms with Crippen LogP contribution < -0.4 is 25.8 Å². The number of esters is 1. The van der Waals surface area contributed by atoms with E-state index in [0.29, 0.717) is 58.2 Å². The second-order valence-corrected chi connectivity index (χ2v) is 11.4. The van der Waals surface area contributed by atoms with Gasteiger partial charge in [0.15, 0.2) is 0 Å². The number of nitrogens with two attached hydrogens (primary N) is 2. The van der Waals surface area contributed by atoms with Crippen molar-refractivity contribution in [2.45, 2.75) is 12.8 Å². The van der Waals surface area contributed by atoms with E-state index < -0.39 is 13.8 Å². The van der Waals surface area contributed by atoms with Gasteiger partial charge >= 0.3 is 5.97 Å². The van der Waals surface area contributed by atoms with Crippen LogP contribution in [0.1, 0.15) is 23.2 Å². The summed E-state index contributed by atoms with van der Waals surface area (Å²) >= 11 is 0. The number of phosphoric ester groups is 1. The lowest BCUT2D eigenvalue weighted by Gasteiger charge is -2.27. The normalized spacial score (nSPS) is 12.9. The van der Waals surface area contributed by atoms with Crippen LogP contribution in [0.4, 0.5) is 11.4 Å². The van der Waals surface area contributed by atoms with E-state index in [0.717, 1.165) is 0 Å². The number of anilines is 2. The van der Waals surface area contributed by atoms with Gasteiger partial charge in [-0.1, -0.05) is 0 Å². The van der Waals surface area contributed by atoms with Crippen molar-refractivity contribution in [2.24, 2.45) is 0 Å². The summed E-state index contributed by atoms with van der Waals surface area (Å²) in [6.07, 6.45) is 0.741. The molecule has 1 unspecified atom stereocenters. The van der Waals surface area contributed by atoms with Crippen LogP contribution in [0.2, 0.25) is 0 Å². The van der Waals surface area contributed by atoms with Crippen LogP contribution in [0.5, 0.6) is 23.0 Å². The van der Waals surface area contributed by atoms with E-state index in [2.05, 4.69) is 0 Å². The Balaban J connectivity index is 1.56. The fourth-order valence-corrected chi connectivity index (χ4v) is 3.98. The molecule has 0 spiro atoms. The average molecular weight is 574 g/mol. The third kappa shape index (κ3) is 11.3. The summed E-state index contributed by atoms with van der Waals surface area (Å²) in [6, 6.07) is 18.4. The molecular formula is C28H36N3O8P. The number of carbonyl (C=O) groups is 1. The highest BCUT2D eigenvalue weighted by atomic mass is 31.2. The van der Waals surface area contributed by atoms with E-state index in [-0.39, 0.29) is 25.4 Å². The molecule has 0 aliphatic carbocycles. The fourth-order valence-electron chi connectivity index (χ4n) is 3.24. The maximum atomic E-state index is 12.8. The van der Waals surface area contributed by atoms with Crippen molar-refractivity contribution in [3.63, 3.8) is 0 Å². The van der Waals surface area contributed by atoms with Crippen LogP contribution in [0.25, 0.3) is 0 Å². The van der Waals surface area contributed by atoms with Crippen molar-refractivity contribution >= 4 is 25.2 Å². The van der Waals surface area contributed by atoms with E-state index in [4.69, 9.17) is 34.7 Å². The smallest absolute Gasteiger partial charge is 0.338 e. The molecule has 0 aromatic heterocycles. The highest BCUT2D eigenvalue weighted by Crippen LogP contribution is 2.38. The van der Waals surface area contributed by atoms with Crippen molar-refractivity contribution in [1.82, 2.24) is 0 Å². The fraction of sp³-hybridized carbons (Fsp3) is 0.321. The molecule has 3 aromatic carbocycles. The van der Waals surface area contributed by atoms with Crippen LogP contribution in [0.3, 0.4) is 0 Å². The predicted octanol–water partition coefficient (Wildman–Crippen LogP) is 4.58. The van der Waals surface area contributed by atoms with Crippen LogP contribution in [-0.2, 0) is 18.3 Å². The Morgan fingerprint density at radius 2 is 1.23 bits per heavy atom. The molecule has 4 N–H and O–H groups in total. The molecule has 40 heavy (non-hydrogen) atoms. The van der Waals surface area contributed by atoms with Gasteiger partial charge in [-0.3, -0.25) is 4.57 Å². The molecule has 3 aromatic rings. The molecule has 1 atom stereocenters. The molecule has 0 radical (unpaired) electrons. The van der Waals surface area contributed by atoms with Gasteiger partial charge in [0.25, 0.3) is 7.82 Å². The molecule has 0 heterocycles. The van der Waals surface area contributed by atoms with Crippen molar-refractivity contribution < 1.29 is 42.0 Å². The van der Waals surface area contributed by atoms with Crippen LogP contribution >= 0.6 is 7.82 Å². The minimum absolute atomic E-state index is 0.0348. The Hall–Kier alpha value is -3.60. The maximum absolute atomic E-state index is 12.8. The molecule has 0 bridgehead atoms. The zero-order valence-electron chi connectivity index (χ0n) is 22.9. The van der Waals surface area contributed by atoms with Gasteiger partial charge in [-0.25, -0.2) is 4.79 Å².